The molecule has 0 unspecified atom stereocenters. The molecule has 1 aliphatic carbocycles. The van der Waals surface area contributed by atoms with Gasteiger partial charge in [0.1, 0.15) is 11.6 Å². The molecule has 3 nitrogen and oxygen atoms in total. The largest absolute Gasteiger partial charge is 0.369 e. The molecule has 1 aliphatic rings. The summed E-state index contributed by atoms with van der Waals surface area (Å²) in [6.45, 7) is 12.1. The molecule has 1 saturated carbocycles. The highest BCUT2D eigenvalue weighted by molar-refractivity contribution is 14.1. The van der Waals surface area contributed by atoms with Crippen LogP contribution < -0.4 is 5.32 Å². The Morgan fingerprint density at radius 2 is 1.76 bits per heavy atom. The molecule has 0 radical (unpaired) electrons. The molecule has 4 heteroatoms. The lowest BCUT2D eigenvalue weighted by molar-refractivity contribution is 0.338. The molecule has 1 heterocycles. The van der Waals surface area contributed by atoms with Crippen LogP contribution in [0.25, 0.3) is 0 Å². The maximum absolute atomic E-state index is 4.98. The van der Waals surface area contributed by atoms with Crippen LogP contribution in [0.1, 0.15) is 77.7 Å². The summed E-state index contributed by atoms with van der Waals surface area (Å²) in [5.74, 6) is 3.48. The number of hydrogen-bond acceptors (Lipinski definition) is 3. The van der Waals surface area contributed by atoms with Crippen molar-refractivity contribution in [3.63, 3.8) is 0 Å². The summed E-state index contributed by atoms with van der Waals surface area (Å²) in [4.78, 5) is 9.83. The van der Waals surface area contributed by atoms with E-state index in [2.05, 4.69) is 62.5 Å². The number of nitrogens with zero attached hydrogens (tertiary/aromatic N) is 2. The molecule has 2 rings (SSSR count). The van der Waals surface area contributed by atoms with E-state index < -0.39 is 0 Å². The van der Waals surface area contributed by atoms with Crippen molar-refractivity contribution in [3.05, 3.63) is 15.1 Å². The standard InChI is InChI=1S/C17H28IN3/c1-6-19-16-13(18)14(17(3,4)5)20-15(21-16)12-9-7-11(2)8-10-12/h11-12H,6-10H2,1-5H3,(H,19,20,21). The second-order valence-corrected chi connectivity index (χ2v) is 8.41. The maximum atomic E-state index is 4.98. The minimum atomic E-state index is 0.0559. The first-order chi connectivity index (χ1) is 9.82. The molecule has 1 aromatic heterocycles. The lowest BCUT2D eigenvalue weighted by Gasteiger charge is -2.28. The summed E-state index contributed by atoms with van der Waals surface area (Å²) in [5.41, 5.74) is 1.24. The van der Waals surface area contributed by atoms with E-state index in [-0.39, 0.29) is 5.41 Å². The molecule has 21 heavy (non-hydrogen) atoms. The molecular formula is C17H28IN3. The van der Waals surface area contributed by atoms with Crippen LogP contribution >= 0.6 is 22.6 Å². The van der Waals surface area contributed by atoms with E-state index in [0.717, 1.165) is 24.1 Å². The van der Waals surface area contributed by atoms with Gasteiger partial charge in [-0.25, -0.2) is 9.97 Å². The van der Waals surface area contributed by atoms with Crippen molar-refractivity contribution < 1.29 is 0 Å². The molecule has 0 atom stereocenters. The van der Waals surface area contributed by atoms with Gasteiger partial charge in [0.05, 0.1) is 9.26 Å². The first-order valence-corrected chi connectivity index (χ1v) is 9.22. The van der Waals surface area contributed by atoms with Gasteiger partial charge in [-0.15, -0.1) is 0 Å². The Hall–Kier alpha value is -0.390. The van der Waals surface area contributed by atoms with Crippen molar-refractivity contribution in [2.24, 2.45) is 5.92 Å². The molecule has 1 fully saturated rings. The second-order valence-electron chi connectivity index (χ2n) is 7.33. The zero-order chi connectivity index (χ0) is 15.6. The lowest BCUT2D eigenvalue weighted by Crippen LogP contribution is -2.22. The number of hydrogen-bond donors (Lipinski definition) is 1. The summed E-state index contributed by atoms with van der Waals surface area (Å²) in [7, 11) is 0. The molecule has 118 valence electrons. The molecule has 0 bridgehead atoms. The van der Waals surface area contributed by atoms with Gasteiger partial charge in [-0.1, -0.05) is 40.5 Å². The molecule has 0 aliphatic heterocycles. The van der Waals surface area contributed by atoms with Crippen LogP contribution in [-0.2, 0) is 5.41 Å². The maximum Gasteiger partial charge on any atom is 0.143 e. The van der Waals surface area contributed by atoms with Crippen LogP contribution in [0, 0.1) is 9.49 Å². The molecule has 0 spiro atoms. The quantitative estimate of drug-likeness (QED) is 0.716. The van der Waals surface area contributed by atoms with Crippen molar-refractivity contribution in [2.45, 2.75) is 71.6 Å². The zero-order valence-electron chi connectivity index (χ0n) is 14.0. The normalized spacial score (nSPS) is 23.1. The second kappa shape index (κ2) is 6.80. The third kappa shape index (κ3) is 4.08. The van der Waals surface area contributed by atoms with Crippen molar-refractivity contribution in [3.8, 4) is 0 Å². The van der Waals surface area contributed by atoms with E-state index in [1.54, 1.807) is 0 Å². The van der Waals surface area contributed by atoms with Crippen LogP contribution in [0.4, 0.5) is 5.82 Å². The predicted molar refractivity (Wildman–Crippen MR) is 98.0 cm³/mol. The number of nitrogens with one attached hydrogen (secondary N) is 1. The first kappa shape index (κ1) is 17.0. The van der Waals surface area contributed by atoms with Crippen LogP contribution in [-0.4, -0.2) is 16.5 Å². The van der Waals surface area contributed by atoms with Gasteiger partial charge in [-0.3, -0.25) is 0 Å². The highest BCUT2D eigenvalue weighted by Crippen LogP contribution is 2.37. The number of halogens is 1. The smallest absolute Gasteiger partial charge is 0.143 e. The fourth-order valence-corrected chi connectivity index (χ4v) is 4.19. The predicted octanol–water partition coefficient (Wildman–Crippen LogP) is 5.10. The van der Waals surface area contributed by atoms with E-state index in [1.165, 1.54) is 34.9 Å². The lowest BCUT2D eigenvalue weighted by atomic mass is 9.82. The Morgan fingerprint density at radius 3 is 2.29 bits per heavy atom. The number of aromatic nitrogens is 2. The topological polar surface area (TPSA) is 37.8 Å². The van der Waals surface area contributed by atoms with Gasteiger partial charge in [-0.2, -0.15) is 0 Å². The molecule has 0 saturated heterocycles. The minimum Gasteiger partial charge on any atom is -0.369 e. The third-order valence-corrected chi connectivity index (χ3v) is 5.33. The SMILES string of the molecule is CCNc1nc(C2CCC(C)CC2)nc(C(C)(C)C)c1I. The van der Waals surface area contributed by atoms with E-state index in [4.69, 9.17) is 9.97 Å². The molecule has 0 amide bonds. The Balaban J connectivity index is 2.39. The first-order valence-electron chi connectivity index (χ1n) is 8.14. The highest BCUT2D eigenvalue weighted by atomic mass is 127. The van der Waals surface area contributed by atoms with Gasteiger partial charge < -0.3 is 5.32 Å². The fourth-order valence-electron chi connectivity index (χ4n) is 2.95. The number of anilines is 1. The van der Waals surface area contributed by atoms with Gasteiger partial charge in [-0.05, 0) is 48.3 Å². The average molecular weight is 401 g/mol. The Morgan fingerprint density at radius 1 is 1.14 bits per heavy atom. The van der Waals surface area contributed by atoms with Crippen LogP contribution in [0.15, 0.2) is 0 Å². The Bertz CT molecular complexity index is 486. The summed E-state index contributed by atoms with van der Waals surface area (Å²) < 4.78 is 1.18. The van der Waals surface area contributed by atoms with Crippen molar-refractivity contribution in [1.29, 1.82) is 0 Å². The van der Waals surface area contributed by atoms with E-state index in [1.807, 2.05) is 0 Å². The Labute approximate surface area is 142 Å². The van der Waals surface area contributed by atoms with Crippen molar-refractivity contribution >= 4 is 28.4 Å². The van der Waals surface area contributed by atoms with Crippen LogP contribution in [0.5, 0.6) is 0 Å². The van der Waals surface area contributed by atoms with Gasteiger partial charge >= 0.3 is 0 Å². The van der Waals surface area contributed by atoms with E-state index in [0.29, 0.717) is 5.92 Å². The van der Waals surface area contributed by atoms with Crippen LogP contribution in [0.2, 0.25) is 0 Å². The number of rotatable bonds is 3. The summed E-state index contributed by atoms with van der Waals surface area (Å²) in [5, 5.41) is 3.42. The minimum absolute atomic E-state index is 0.0559. The highest BCUT2D eigenvalue weighted by Gasteiger charge is 2.27. The zero-order valence-corrected chi connectivity index (χ0v) is 16.1. The van der Waals surface area contributed by atoms with Gasteiger partial charge in [0, 0.05) is 17.9 Å². The van der Waals surface area contributed by atoms with Gasteiger partial charge in [0.25, 0.3) is 0 Å². The van der Waals surface area contributed by atoms with E-state index in [9.17, 15) is 0 Å². The molecule has 1 aromatic rings. The summed E-state index contributed by atoms with van der Waals surface area (Å²) in [6.07, 6.45) is 5.08. The molecule has 0 aromatic carbocycles. The fraction of sp³-hybridized carbons (Fsp3) is 0.765. The molecular weight excluding hydrogens is 373 g/mol. The van der Waals surface area contributed by atoms with E-state index >= 15 is 0 Å². The Kier molecular flexibility index (Phi) is 5.49. The van der Waals surface area contributed by atoms with Crippen molar-refractivity contribution in [1.82, 2.24) is 9.97 Å². The van der Waals surface area contributed by atoms with Crippen LogP contribution in [0.3, 0.4) is 0 Å². The average Bonchev–Trinajstić information content (AvgIpc) is 2.41. The summed E-state index contributed by atoms with van der Waals surface area (Å²) in [6, 6.07) is 0. The van der Waals surface area contributed by atoms with Gasteiger partial charge in [0.2, 0.25) is 0 Å². The van der Waals surface area contributed by atoms with Gasteiger partial charge in [0.15, 0.2) is 0 Å². The molecule has 1 N–H and O–H groups in total. The monoisotopic (exact) mass is 401 g/mol. The summed E-state index contributed by atoms with van der Waals surface area (Å²) >= 11 is 2.39. The van der Waals surface area contributed by atoms with Crippen molar-refractivity contribution in [2.75, 3.05) is 11.9 Å². The third-order valence-electron chi connectivity index (χ3n) is 4.30.